The van der Waals surface area contributed by atoms with Gasteiger partial charge in [-0.1, -0.05) is 12.1 Å². The van der Waals surface area contributed by atoms with Crippen LogP contribution in [0, 0.1) is 6.92 Å². The molecule has 2 aromatic rings. The van der Waals surface area contributed by atoms with Gasteiger partial charge in [0.1, 0.15) is 6.10 Å². The first kappa shape index (κ1) is 19.5. The summed E-state index contributed by atoms with van der Waals surface area (Å²) in [6, 6.07) is 11.8. The highest BCUT2D eigenvalue weighted by atomic mass is 127. The topological polar surface area (TPSA) is 81.8 Å². The second-order valence-corrected chi connectivity index (χ2v) is 5.80. The summed E-state index contributed by atoms with van der Waals surface area (Å²) in [5.41, 5.74) is 9.04. The lowest BCUT2D eigenvalue weighted by Crippen LogP contribution is -2.22. The Labute approximate surface area is 164 Å². The normalized spacial score (nSPS) is 17.0. The van der Waals surface area contributed by atoms with Gasteiger partial charge in [-0.2, -0.15) is 0 Å². The van der Waals surface area contributed by atoms with E-state index in [-0.39, 0.29) is 30.1 Å². The van der Waals surface area contributed by atoms with Crippen molar-refractivity contribution in [3.63, 3.8) is 0 Å². The second kappa shape index (κ2) is 9.57. The Hall–Kier alpha value is -1.87. The van der Waals surface area contributed by atoms with Crippen LogP contribution in [0.2, 0.25) is 0 Å². The number of nitrogens with one attached hydrogen (secondary N) is 1. The van der Waals surface area contributed by atoms with Gasteiger partial charge in [0.25, 0.3) is 0 Å². The van der Waals surface area contributed by atoms with Crippen molar-refractivity contribution in [2.45, 2.75) is 26.0 Å². The van der Waals surface area contributed by atoms with Gasteiger partial charge in [-0.05, 0) is 36.2 Å². The van der Waals surface area contributed by atoms with Gasteiger partial charge in [-0.15, -0.1) is 24.0 Å². The smallest absolute Gasteiger partial charge is 0.213 e. The van der Waals surface area contributed by atoms with Gasteiger partial charge >= 0.3 is 0 Å². The van der Waals surface area contributed by atoms with E-state index in [2.05, 4.69) is 15.3 Å². The van der Waals surface area contributed by atoms with E-state index < -0.39 is 0 Å². The third-order valence-corrected chi connectivity index (χ3v) is 3.70. The molecule has 0 spiro atoms. The van der Waals surface area contributed by atoms with Crippen molar-refractivity contribution < 1.29 is 9.47 Å². The predicted molar refractivity (Wildman–Crippen MR) is 110 cm³/mol. The highest BCUT2D eigenvalue weighted by Gasteiger charge is 2.17. The fourth-order valence-electron chi connectivity index (χ4n) is 2.48. The lowest BCUT2D eigenvalue weighted by atomic mass is 10.2. The maximum absolute atomic E-state index is 5.95. The molecule has 1 aliphatic heterocycles. The average molecular weight is 454 g/mol. The summed E-state index contributed by atoms with van der Waals surface area (Å²) in [5.74, 6) is 0.979. The number of nitrogens with two attached hydrogens (primary N) is 1. The molecule has 1 unspecified atom stereocenters. The predicted octanol–water partition coefficient (Wildman–Crippen LogP) is 3.10. The molecule has 25 heavy (non-hydrogen) atoms. The number of anilines is 1. The van der Waals surface area contributed by atoms with Crippen LogP contribution < -0.4 is 15.8 Å². The molecule has 1 atom stereocenters. The van der Waals surface area contributed by atoms with Crippen LogP contribution in [0.4, 0.5) is 5.69 Å². The monoisotopic (exact) mass is 454 g/mol. The van der Waals surface area contributed by atoms with E-state index in [1.54, 1.807) is 6.20 Å². The highest BCUT2D eigenvalue weighted by molar-refractivity contribution is 14.0. The summed E-state index contributed by atoms with van der Waals surface area (Å²) in [4.78, 5) is 8.60. The van der Waals surface area contributed by atoms with Crippen LogP contribution in [-0.2, 0) is 11.3 Å². The number of pyridine rings is 1. The SMILES string of the molecule is Cc1cccc(NC(N)=NCc2ccnc(OC3CCOC3)c2)c1.I. The van der Waals surface area contributed by atoms with Crippen LogP contribution in [-0.4, -0.2) is 30.3 Å². The number of hydrogen-bond donors (Lipinski definition) is 2. The molecule has 2 heterocycles. The molecule has 1 fully saturated rings. The van der Waals surface area contributed by atoms with Crippen LogP contribution in [0.1, 0.15) is 17.5 Å². The Morgan fingerprint density at radius 2 is 2.28 bits per heavy atom. The summed E-state index contributed by atoms with van der Waals surface area (Å²) in [5, 5.41) is 3.09. The summed E-state index contributed by atoms with van der Waals surface area (Å²) in [6.45, 7) is 3.87. The van der Waals surface area contributed by atoms with E-state index >= 15 is 0 Å². The van der Waals surface area contributed by atoms with Gasteiger partial charge in [-0.3, -0.25) is 0 Å². The van der Waals surface area contributed by atoms with Crippen LogP contribution in [0.3, 0.4) is 0 Å². The molecule has 0 radical (unpaired) electrons. The first-order chi connectivity index (χ1) is 11.7. The van der Waals surface area contributed by atoms with Gasteiger partial charge in [0.2, 0.25) is 5.88 Å². The minimum atomic E-state index is 0. The van der Waals surface area contributed by atoms with Crippen molar-refractivity contribution in [1.29, 1.82) is 0 Å². The quantitative estimate of drug-likeness (QED) is 0.412. The molecule has 0 amide bonds. The summed E-state index contributed by atoms with van der Waals surface area (Å²) in [7, 11) is 0. The standard InChI is InChI=1S/C18H22N4O2.HI/c1-13-3-2-4-15(9-13)22-18(19)21-11-14-5-7-20-17(10-14)24-16-6-8-23-12-16;/h2-5,7,9-10,16H,6,8,11-12H2,1H3,(H3,19,21,22);1H. The van der Waals surface area contributed by atoms with Crippen LogP contribution in [0.5, 0.6) is 5.88 Å². The van der Waals surface area contributed by atoms with Gasteiger partial charge < -0.3 is 20.5 Å². The Morgan fingerprint density at radius 3 is 3.04 bits per heavy atom. The van der Waals surface area contributed by atoms with Crippen molar-refractivity contribution in [1.82, 2.24) is 4.98 Å². The van der Waals surface area contributed by atoms with E-state index in [4.69, 9.17) is 15.2 Å². The zero-order chi connectivity index (χ0) is 16.8. The third-order valence-electron chi connectivity index (χ3n) is 3.70. The summed E-state index contributed by atoms with van der Waals surface area (Å²) < 4.78 is 11.1. The first-order valence-electron chi connectivity index (χ1n) is 8.02. The molecule has 134 valence electrons. The molecule has 1 aromatic carbocycles. The van der Waals surface area contributed by atoms with Crippen molar-refractivity contribution in [3.8, 4) is 5.88 Å². The van der Waals surface area contributed by atoms with E-state index in [1.807, 2.05) is 43.3 Å². The minimum absolute atomic E-state index is 0. The van der Waals surface area contributed by atoms with Crippen LogP contribution in [0.15, 0.2) is 47.6 Å². The van der Waals surface area contributed by atoms with Crippen molar-refractivity contribution in [3.05, 3.63) is 53.7 Å². The Morgan fingerprint density at radius 1 is 1.40 bits per heavy atom. The number of benzene rings is 1. The van der Waals surface area contributed by atoms with Crippen molar-refractivity contribution in [2.24, 2.45) is 10.7 Å². The van der Waals surface area contributed by atoms with Crippen LogP contribution >= 0.6 is 24.0 Å². The number of guanidine groups is 1. The van der Waals surface area contributed by atoms with Crippen LogP contribution in [0.25, 0.3) is 0 Å². The Balaban J connectivity index is 0.00000225. The summed E-state index contributed by atoms with van der Waals surface area (Å²) in [6.07, 6.45) is 2.71. The van der Waals surface area contributed by atoms with E-state index in [1.165, 1.54) is 5.56 Å². The number of rotatable bonds is 5. The van der Waals surface area contributed by atoms with E-state index in [9.17, 15) is 0 Å². The average Bonchev–Trinajstić information content (AvgIpc) is 3.06. The molecule has 1 aromatic heterocycles. The molecule has 1 saturated heterocycles. The molecular weight excluding hydrogens is 431 g/mol. The number of ether oxygens (including phenoxy) is 2. The molecule has 0 aliphatic carbocycles. The molecule has 0 bridgehead atoms. The van der Waals surface area contributed by atoms with E-state index in [0.29, 0.717) is 25.0 Å². The number of hydrogen-bond acceptors (Lipinski definition) is 4. The van der Waals surface area contributed by atoms with Gasteiger partial charge in [0.05, 0.1) is 19.8 Å². The minimum Gasteiger partial charge on any atom is -0.472 e. The van der Waals surface area contributed by atoms with Gasteiger partial charge in [0, 0.05) is 24.4 Å². The molecule has 3 rings (SSSR count). The summed E-state index contributed by atoms with van der Waals surface area (Å²) >= 11 is 0. The highest BCUT2D eigenvalue weighted by Crippen LogP contribution is 2.16. The number of halogens is 1. The third kappa shape index (κ3) is 6.17. The van der Waals surface area contributed by atoms with E-state index in [0.717, 1.165) is 24.3 Å². The molecule has 6 nitrogen and oxygen atoms in total. The number of nitrogens with zero attached hydrogens (tertiary/aromatic N) is 2. The lowest BCUT2D eigenvalue weighted by Gasteiger charge is -2.11. The maximum atomic E-state index is 5.95. The largest absolute Gasteiger partial charge is 0.472 e. The zero-order valence-electron chi connectivity index (χ0n) is 14.1. The molecular formula is C18H23IN4O2. The first-order valence-corrected chi connectivity index (χ1v) is 8.02. The fraction of sp³-hybridized carbons (Fsp3) is 0.333. The number of aliphatic imine (C=N–C) groups is 1. The van der Waals surface area contributed by atoms with Crippen molar-refractivity contribution >= 4 is 35.6 Å². The molecule has 7 heteroatoms. The Kier molecular flexibility index (Phi) is 7.45. The van der Waals surface area contributed by atoms with Gasteiger partial charge in [0.15, 0.2) is 5.96 Å². The molecule has 1 aliphatic rings. The maximum Gasteiger partial charge on any atom is 0.213 e. The molecule has 0 saturated carbocycles. The number of aryl methyl sites for hydroxylation is 1. The van der Waals surface area contributed by atoms with Gasteiger partial charge in [-0.25, -0.2) is 9.98 Å². The number of aromatic nitrogens is 1. The second-order valence-electron chi connectivity index (χ2n) is 5.80. The zero-order valence-corrected chi connectivity index (χ0v) is 16.5. The Bertz CT molecular complexity index is 718. The lowest BCUT2D eigenvalue weighted by molar-refractivity contribution is 0.138. The van der Waals surface area contributed by atoms with Crippen molar-refractivity contribution in [2.75, 3.05) is 18.5 Å². The molecule has 3 N–H and O–H groups in total. The fourth-order valence-corrected chi connectivity index (χ4v) is 2.48.